The molecule has 1 atom stereocenters. The van der Waals surface area contributed by atoms with Crippen molar-refractivity contribution in [3.8, 4) is 11.5 Å². The van der Waals surface area contributed by atoms with E-state index < -0.39 is 12.1 Å². The number of carbonyl (C=O) groups excluding carboxylic acids is 1. The molecule has 1 aromatic carbocycles. The average Bonchev–Trinajstić information content (AvgIpc) is 3.19. The number of methoxy groups -OCH3 is 1. The quantitative estimate of drug-likeness (QED) is 0.816. The molecular formula is C17H18N2O6S. The van der Waals surface area contributed by atoms with Gasteiger partial charge in [-0.3, -0.25) is 4.79 Å². The van der Waals surface area contributed by atoms with Crippen LogP contribution in [0.4, 0.5) is 0 Å². The molecule has 1 aliphatic heterocycles. The van der Waals surface area contributed by atoms with Crippen LogP contribution in [0.1, 0.15) is 16.1 Å². The van der Waals surface area contributed by atoms with Crippen LogP contribution < -0.4 is 9.47 Å². The van der Waals surface area contributed by atoms with Gasteiger partial charge in [0.25, 0.3) is 5.91 Å². The summed E-state index contributed by atoms with van der Waals surface area (Å²) in [4.78, 5) is 29.3. The molecule has 1 fully saturated rings. The van der Waals surface area contributed by atoms with Gasteiger partial charge in [-0.1, -0.05) is 0 Å². The summed E-state index contributed by atoms with van der Waals surface area (Å²) in [6, 6.07) is 4.88. The molecule has 26 heavy (non-hydrogen) atoms. The number of thiazole rings is 1. The highest BCUT2D eigenvalue weighted by molar-refractivity contribution is 7.07. The van der Waals surface area contributed by atoms with E-state index in [1.165, 1.54) is 23.3 Å². The number of aromatic nitrogens is 1. The average molecular weight is 378 g/mol. The minimum absolute atomic E-state index is 0.0125. The van der Waals surface area contributed by atoms with E-state index >= 15 is 0 Å². The van der Waals surface area contributed by atoms with Gasteiger partial charge < -0.3 is 24.2 Å². The number of nitrogens with zero attached hydrogens (tertiary/aromatic N) is 2. The number of morpholine rings is 1. The summed E-state index contributed by atoms with van der Waals surface area (Å²) in [5.74, 6) is -0.425. The number of hydrogen-bond acceptors (Lipinski definition) is 7. The van der Waals surface area contributed by atoms with E-state index in [4.69, 9.17) is 19.3 Å². The highest BCUT2D eigenvalue weighted by Gasteiger charge is 2.29. The van der Waals surface area contributed by atoms with E-state index in [9.17, 15) is 9.59 Å². The van der Waals surface area contributed by atoms with Crippen molar-refractivity contribution in [3.63, 3.8) is 0 Å². The maximum Gasteiger partial charge on any atom is 0.334 e. The molecular weight excluding hydrogens is 360 g/mol. The molecule has 0 aliphatic carbocycles. The van der Waals surface area contributed by atoms with Gasteiger partial charge in [-0.2, -0.15) is 0 Å². The maximum absolute atomic E-state index is 12.7. The van der Waals surface area contributed by atoms with Crippen LogP contribution in [0.3, 0.4) is 0 Å². The summed E-state index contributed by atoms with van der Waals surface area (Å²) >= 11 is 1.48. The van der Waals surface area contributed by atoms with Gasteiger partial charge in [0.1, 0.15) is 6.61 Å². The lowest BCUT2D eigenvalue weighted by Crippen LogP contribution is -2.48. The fourth-order valence-electron chi connectivity index (χ4n) is 2.55. The largest absolute Gasteiger partial charge is 0.493 e. The zero-order valence-electron chi connectivity index (χ0n) is 14.1. The van der Waals surface area contributed by atoms with Gasteiger partial charge in [-0.05, 0) is 18.2 Å². The smallest absolute Gasteiger partial charge is 0.334 e. The molecule has 1 aliphatic rings. The molecule has 2 aromatic rings. The Bertz CT molecular complexity index is 780. The van der Waals surface area contributed by atoms with E-state index in [2.05, 4.69) is 4.98 Å². The Hall–Kier alpha value is -2.65. The van der Waals surface area contributed by atoms with Crippen LogP contribution in [0.5, 0.6) is 11.5 Å². The summed E-state index contributed by atoms with van der Waals surface area (Å²) in [5, 5.41) is 11.0. The number of aliphatic carboxylic acids is 1. The molecule has 8 nitrogen and oxygen atoms in total. The van der Waals surface area contributed by atoms with Crippen molar-refractivity contribution >= 4 is 23.2 Å². The number of carbonyl (C=O) groups is 2. The molecule has 0 saturated carbocycles. The Morgan fingerprint density at radius 3 is 2.96 bits per heavy atom. The third-order valence-electron chi connectivity index (χ3n) is 3.90. The third kappa shape index (κ3) is 4.12. The van der Waals surface area contributed by atoms with E-state index in [1.54, 1.807) is 23.7 Å². The fraction of sp³-hybridized carbons (Fsp3) is 0.353. The molecule has 0 bridgehead atoms. The first-order valence-corrected chi connectivity index (χ1v) is 8.84. The van der Waals surface area contributed by atoms with Gasteiger partial charge >= 0.3 is 5.97 Å². The lowest BCUT2D eigenvalue weighted by atomic mass is 10.1. The summed E-state index contributed by atoms with van der Waals surface area (Å²) < 4.78 is 16.2. The Balaban J connectivity index is 1.71. The second kappa shape index (κ2) is 8.15. The van der Waals surface area contributed by atoms with Gasteiger partial charge in [0.15, 0.2) is 17.6 Å². The molecule has 0 unspecified atom stereocenters. The SMILES string of the molecule is COc1cc(C(=O)N2CCO[C@H](C(=O)O)C2)ccc1OCc1cscn1. The predicted molar refractivity (Wildman–Crippen MR) is 92.7 cm³/mol. The first-order chi connectivity index (χ1) is 12.6. The number of amides is 1. The molecule has 1 aromatic heterocycles. The molecule has 1 saturated heterocycles. The van der Waals surface area contributed by atoms with Crippen molar-refractivity contribution < 1.29 is 28.9 Å². The molecule has 9 heteroatoms. The van der Waals surface area contributed by atoms with Gasteiger partial charge in [0, 0.05) is 17.5 Å². The predicted octanol–water partition coefficient (Wildman–Crippen LogP) is 1.66. The van der Waals surface area contributed by atoms with Gasteiger partial charge in [-0.15, -0.1) is 11.3 Å². The number of ether oxygens (including phenoxy) is 3. The summed E-state index contributed by atoms with van der Waals surface area (Å²) in [5.41, 5.74) is 2.93. The van der Waals surface area contributed by atoms with E-state index in [1.807, 2.05) is 5.38 Å². The highest BCUT2D eigenvalue weighted by Crippen LogP contribution is 2.29. The molecule has 138 valence electrons. The first kappa shape index (κ1) is 18.2. The van der Waals surface area contributed by atoms with Crippen LogP contribution in [-0.4, -0.2) is 59.8 Å². The Kier molecular flexibility index (Phi) is 5.69. The van der Waals surface area contributed by atoms with Crippen molar-refractivity contribution in [2.45, 2.75) is 12.7 Å². The third-order valence-corrected chi connectivity index (χ3v) is 4.53. The second-order valence-electron chi connectivity index (χ2n) is 5.58. The van der Waals surface area contributed by atoms with Gasteiger partial charge in [-0.25, -0.2) is 9.78 Å². The standard InChI is InChI=1S/C17H18N2O6S/c1-23-14-6-11(2-3-13(14)25-8-12-9-26-10-18-12)16(20)19-4-5-24-15(7-19)17(21)22/h2-3,6,9-10,15H,4-5,7-8H2,1H3,(H,21,22)/t15-/m0/s1. The van der Waals surface area contributed by atoms with Crippen molar-refractivity contribution in [1.82, 2.24) is 9.88 Å². The monoisotopic (exact) mass is 378 g/mol. The Labute approximate surface area is 153 Å². The minimum atomic E-state index is -1.08. The van der Waals surface area contributed by atoms with Crippen LogP contribution in [0.2, 0.25) is 0 Å². The lowest BCUT2D eigenvalue weighted by molar-refractivity contribution is -0.154. The first-order valence-electron chi connectivity index (χ1n) is 7.90. The number of benzene rings is 1. The number of carboxylic acids is 1. The molecule has 1 amide bonds. The zero-order valence-corrected chi connectivity index (χ0v) is 14.9. The van der Waals surface area contributed by atoms with E-state index in [0.717, 1.165) is 5.69 Å². The van der Waals surface area contributed by atoms with Crippen LogP contribution in [0.25, 0.3) is 0 Å². The van der Waals surface area contributed by atoms with E-state index in [0.29, 0.717) is 30.2 Å². The van der Waals surface area contributed by atoms with Crippen molar-refractivity contribution in [1.29, 1.82) is 0 Å². The van der Waals surface area contributed by atoms with Gasteiger partial charge in [0.2, 0.25) is 0 Å². The van der Waals surface area contributed by atoms with Crippen LogP contribution in [0.15, 0.2) is 29.1 Å². The molecule has 3 rings (SSSR count). The van der Waals surface area contributed by atoms with Crippen LogP contribution in [-0.2, 0) is 16.1 Å². The lowest BCUT2D eigenvalue weighted by Gasteiger charge is -2.31. The summed E-state index contributed by atoms with van der Waals surface area (Å²) in [6.45, 7) is 0.844. The van der Waals surface area contributed by atoms with Crippen molar-refractivity contribution in [2.75, 3.05) is 26.8 Å². The van der Waals surface area contributed by atoms with Crippen molar-refractivity contribution in [3.05, 3.63) is 40.3 Å². The Morgan fingerprint density at radius 2 is 2.27 bits per heavy atom. The number of carboxylic acid groups (broad SMARTS) is 1. The molecule has 0 spiro atoms. The maximum atomic E-state index is 12.7. The Morgan fingerprint density at radius 1 is 1.42 bits per heavy atom. The van der Waals surface area contributed by atoms with E-state index in [-0.39, 0.29) is 19.1 Å². The van der Waals surface area contributed by atoms with Crippen LogP contribution >= 0.6 is 11.3 Å². The molecule has 1 N–H and O–H groups in total. The molecule has 2 heterocycles. The fourth-order valence-corrected chi connectivity index (χ4v) is 3.09. The zero-order chi connectivity index (χ0) is 18.5. The van der Waals surface area contributed by atoms with Crippen LogP contribution in [0, 0.1) is 0 Å². The second-order valence-corrected chi connectivity index (χ2v) is 6.30. The summed E-state index contributed by atoms with van der Waals surface area (Å²) in [7, 11) is 1.49. The highest BCUT2D eigenvalue weighted by atomic mass is 32.1. The summed E-state index contributed by atoms with van der Waals surface area (Å²) in [6.07, 6.45) is -1.00. The number of rotatable bonds is 6. The molecule has 0 radical (unpaired) electrons. The minimum Gasteiger partial charge on any atom is -0.493 e. The number of hydrogen-bond donors (Lipinski definition) is 1. The van der Waals surface area contributed by atoms with Crippen molar-refractivity contribution in [2.24, 2.45) is 0 Å². The van der Waals surface area contributed by atoms with Gasteiger partial charge in [0.05, 0.1) is 31.5 Å². The normalized spacial score (nSPS) is 17.0. The topological polar surface area (TPSA) is 98.2 Å².